The van der Waals surface area contributed by atoms with Crippen molar-refractivity contribution in [1.82, 2.24) is 14.7 Å². The second-order valence-corrected chi connectivity index (χ2v) is 4.55. The topological polar surface area (TPSA) is 56.3 Å². The van der Waals surface area contributed by atoms with Crippen LogP contribution in [0.25, 0.3) is 0 Å². The SMILES string of the molecule is CCOCc1cc2n(n1)CC(C)N(CCN)C2. The number of hydrogen-bond acceptors (Lipinski definition) is 4. The van der Waals surface area contributed by atoms with Crippen LogP contribution < -0.4 is 5.73 Å². The molecule has 1 unspecified atom stereocenters. The Morgan fingerprint density at radius 2 is 2.41 bits per heavy atom. The highest BCUT2D eigenvalue weighted by Gasteiger charge is 2.23. The molecule has 0 aliphatic carbocycles. The maximum Gasteiger partial charge on any atom is 0.0906 e. The highest BCUT2D eigenvalue weighted by molar-refractivity contribution is 5.12. The molecule has 2 rings (SSSR count). The summed E-state index contributed by atoms with van der Waals surface area (Å²) in [5, 5.41) is 4.57. The van der Waals surface area contributed by atoms with E-state index in [-0.39, 0.29) is 0 Å². The molecule has 1 aromatic rings. The molecule has 0 amide bonds. The molecule has 0 saturated carbocycles. The van der Waals surface area contributed by atoms with Crippen LogP contribution in [-0.2, 0) is 24.4 Å². The third kappa shape index (κ3) is 2.86. The van der Waals surface area contributed by atoms with Crippen LogP contribution in [0.4, 0.5) is 0 Å². The minimum atomic E-state index is 0.505. The molecule has 96 valence electrons. The molecule has 5 nitrogen and oxygen atoms in total. The van der Waals surface area contributed by atoms with Crippen molar-refractivity contribution in [2.75, 3.05) is 19.7 Å². The van der Waals surface area contributed by atoms with E-state index < -0.39 is 0 Å². The molecule has 0 saturated heterocycles. The number of hydrogen-bond donors (Lipinski definition) is 1. The third-order valence-corrected chi connectivity index (χ3v) is 3.21. The van der Waals surface area contributed by atoms with Crippen LogP contribution in [0.5, 0.6) is 0 Å². The van der Waals surface area contributed by atoms with E-state index in [1.807, 2.05) is 6.92 Å². The highest BCUT2D eigenvalue weighted by atomic mass is 16.5. The van der Waals surface area contributed by atoms with Crippen molar-refractivity contribution >= 4 is 0 Å². The molecule has 0 radical (unpaired) electrons. The van der Waals surface area contributed by atoms with Crippen molar-refractivity contribution in [1.29, 1.82) is 0 Å². The Balaban J connectivity index is 2.06. The molecule has 17 heavy (non-hydrogen) atoms. The van der Waals surface area contributed by atoms with Crippen LogP contribution in [0.2, 0.25) is 0 Å². The Morgan fingerprint density at radius 3 is 3.12 bits per heavy atom. The van der Waals surface area contributed by atoms with Crippen LogP contribution >= 0.6 is 0 Å². The van der Waals surface area contributed by atoms with Crippen molar-refractivity contribution < 1.29 is 4.74 Å². The predicted octanol–water partition coefficient (Wildman–Crippen LogP) is 0.582. The summed E-state index contributed by atoms with van der Waals surface area (Å²) in [5.41, 5.74) is 7.93. The molecule has 1 aliphatic rings. The minimum absolute atomic E-state index is 0.505. The van der Waals surface area contributed by atoms with Crippen molar-refractivity contribution in [2.45, 2.75) is 39.6 Å². The molecule has 1 aromatic heterocycles. The lowest BCUT2D eigenvalue weighted by atomic mass is 10.2. The quantitative estimate of drug-likeness (QED) is 0.815. The molecule has 0 fully saturated rings. The van der Waals surface area contributed by atoms with Crippen LogP contribution in [0, 0.1) is 0 Å². The molecule has 0 aromatic carbocycles. The first-order valence-corrected chi connectivity index (χ1v) is 6.32. The smallest absolute Gasteiger partial charge is 0.0906 e. The van der Waals surface area contributed by atoms with Gasteiger partial charge in [-0.3, -0.25) is 9.58 Å². The number of rotatable bonds is 5. The molecule has 0 bridgehead atoms. The van der Waals surface area contributed by atoms with E-state index in [4.69, 9.17) is 10.5 Å². The van der Waals surface area contributed by atoms with Gasteiger partial charge in [-0.15, -0.1) is 0 Å². The fraction of sp³-hybridized carbons (Fsp3) is 0.750. The Morgan fingerprint density at radius 1 is 1.59 bits per heavy atom. The predicted molar refractivity (Wildman–Crippen MR) is 66.5 cm³/mol. The number of ether oxygens (including phenoxy) is 1. The van der Waals surface area contributed by atoms with E-state index in [1.54, 1.807) is 0 Å². The van der Waals surface area contributed by atoms with E-state index in [0.717, 1.165) is 31.9 Å². The summed E-state index contributed by atoms with van der Waals surface area (Å²) >= 11 is 0. The normalized spacial score (nSPS) is 20.5. The summed E-state index contributed by atoms with van der Waals surface area (Å²) in [6.45, 7) is 9.12. The first kappa shape index (κ1) is 12.5. The van der Waals surface area contributed by atoms with Crippen molar-refractivity contribution in [3.63, 3.8) is 0 Å². The van der Waals surface area contributed by atoms with Gasteiger partial charge in [0.15, 0.2) is 0 Å². The molecule has 0 spiro atoms. The van der Waals surface area contributed by atoms with Gasteiger partial charge in [-0.1, -0.05) is 0 Å². The lowest BCUT2D eigenvalue weighted by molar-refractivity contribution is 0.129. The van der Waals surface area contributed by atoms with Gasteiger partial charge in [0.2, 0.25) is 0 Å². The molecular formula is C12H22N4O. The van der Waals surface area contributed by atoms with Gasteiger partial charge in [-0.05, 0) is 19.9 Å². The third-order valence-electron chi connectivity index (χ3n) is 3.21. The van der Waals surface area contributed by atoms with Gasteiger partial charge in [0.1, 0.15) is 0 Å². The van der Waals surface area contributed by atoms with Gasteiger partial charge in [0.25, 0.3) is 0 Å². The Labute approximate surface area is 103 Å². The van der Waals surface area contributed by atoms with E-state index in [1.165, 1.54) is 5.69 Å². The van der Waals surface area contributed by atoms with E-state index >= 15 is 0 Å². The number of nitrogens with zero attached hydrogens (tertiary/aromatic N) is 3. The summed E-state index contributed by atoms with van der Waals surface area (Å²) in [6, 6.07) is 2.65. The van der Waals surface area contributed by atoms with Crippen LogP contribution in [0.3, 0.4) is 0 Å². The van der Waals surface area contributed by atoms with Crippen LogP contribution in [0.15, 0.2) is 6.07 Å². The lowest BCUT2D eigenvalue weighted by Gasteiger charge is -2.33. The van der Waals surface area contributed by atoms with E-state index in [0.29, 0.717) is 19.2 Å². The second-order valence-electron chi connectivity index (χ2n) is 4.55. The standard InChI is InChI=1S/C12H22N4O/c1-3-17-9-11-6-12-8-15(5-4-13)10(2)7-16(12)14-11/h6,10H,3-5,7-9,13H2,1-2H3. The van der Waals surface area contributed by atoms with Gasteiger partial charge in [-0.2, -0.15) is 5.10 Å². The van der Waals surface area contributed by atoms with E-state index in [2.05, 4.69) is 27.7 Å². The van der Waals surface area contributed by atoms with Gasteiger partial charge < -0.3 is 10.5 Å². The maximum atomic E-state index is 5.63. The molecule has 1 atom stereocenters. The Bertz CT molecular complexity index is 363. The van der Waals surface area contributed by atoms with Gasteiger partial charge in [-0.25, -0.2) is 0 Å². The molecule has 5 heteroatoms. The van der Waals surface area contributed by atoms with Crippen molar-refractivity contribution in [2.24, 2.45) is 5.73 Å². The fourth-order valence-corrected chi connectivity index (χ4v) is 2.27. The fourth-order valence-electron chi connectivity index (χ4n) is 2.27. The van der Waals surface area contributed by atoms with Gasteiger partial charge in [0, 0.05) is 32.3 Å². The average Bonchev–Trinajstić information content (AvgIpc) is 2.69. The van der Waals surface area contributed by atoms with E-state index in [9.17, 15) is 0 Å². The van der Waals surface area contributed by atoms with Gasteiger partial charge in [0.05, 0.1) is 24.5 Å². The summed E-state index contributed by atoms with van der Waals surface area (Å²) in [7, 11) is 0. The Kier molecular flexibility index (Phi) is 4.15. The molecular weight excluding hydrogens is 216 g/mol. The number of fused-ring (bicyclic) bond motifs is 1. The number of aromatic nitrogens is 2. The number of nitrogens with two attached hydrogens (primary N) is 1. The zero-order valence-electron chi connectivity index (χ0n) is 10.7. The first-order chi connectivity index (χ1) is 8.24. The zero-order valence-corrected chi connectivity index (χ0v) is 10.7. The summed E-state index contributed by atoms with van der Waals surface area (Å²) in [4.78, 5) is 2.40. The Hall–Kier alpha value is -0.910. The van der Waals surface area contributed by atoms with Gasteiger partial charge >= 0.3 is 0 Å². The second kappa shape index (κ2) is 5.62. The maximum absolute atomic E-state index is 5.63. The summed E-state index contributed by atoms with van der Waals surface area (Å²) < 4.78 is 7.49. The molecule has 2 N–H and O–H groups in total. The monoisotopic (exact) mass is 238 g/mol. The largest absolute Gasteiger partial charge is 0.375 e. The zero-order chi connectivity index (χ0) is 12.3. The average molecular weight is 238 g/mol. The lowest BCUT2D eigenvalue weighted by Crippen LogP contribution is -2.43. The molecule has 1 aliphatic heterocycles. The van der Waals surface area contributed by atoms with Crippen LogP contribution in [-0.4, -0.2) is 40.4 Å². The summed E-state index contributed by atoms with van der Waals surface area (Å²) in [5.74, 6) is 0. The first-order valence-electron chi connectivity index (χ1n) is 6.32. The summed E-state index contributed by atoms with van der Waals surface area (Å²) in [6.07, 6.45) is 0. The minimum Gasteiger partial charge on any atom is -0.375 e. The highest BCUT2D eigenvalue weighted by Crippen LogP contribution is 2.18. The van der Waals surface area contributed by atoms with Crippen molar-refractivity contribution in [3.05, 3.63) is 17.5 Å². The molecule has 2 heterocycles. The van der Waals surface area contributed by atoms with Crippen LogP contribution in [0.1, 0.15) is 25.2 Å². The van der Waals surface area contributed by atoms with Crippen molar-refractivity contribution in [3.8, 4) is 0 Å².